The summed E-state index contributed by atoms with van der Waals surface area (Å²) in [5.74, 6) is 1.25. The molecule has 0 atom stereocenters. The Balaban J connectivity index is 1.46. The summed E-state index contributed by atoms with van der Waals surface area (Å²) in [5, 5.41) is 12.7. The van der Waals surface area contributed by atoms with E-state index in [4.69, 9.17) is 9.84 Å². The Bertz CT molecular complexity index is 468. The second-order valence-corrected chi connectivity index (χ2v) is 5.80. The third kappa shape index (κ3) is 3.31. The van der Waals surface area contributed by atoms with Crippen molar-refractivity contribution in [3.8, 4) is 5.75 Å². The molecule has 0 saturated heterocycles. The van der Waals surface area contributed by atoms with E-state index < -0.39 is 5.97 Å². The summed E-state index contributed by atoms with van der Waals surface area (Å²) < 4.78 is 5.61. The Kier molecular flexibility index (Phi) is 3.92. The molecule has 0 bridgehead atoms. The highest BCUT2D eigenvalue weighted by Gasteiger charge is 2.40. The van der Waals surface area contributed by atoms with E-state index in [1.54, 1.807) is 24.3 Å². The van der Waals surface area contributed by atoms with Gasteiger partial charge in [-0.05, 0) is 49.7 Å². The van der Waals surface area contributed by atoms with Gasteiger partial charge in [0.15, 0.2) is 0 Å². The molecule has 20 heavy (non-hydrogen) atoms. The average Bonchev–Trinajstić information content (AvgIpc) is 3.32. The zero-order valence-corrected chi connectivity index (χ0v) is 11.5. The molecule has 0 amide bonds. The van der Waals surface area contributed by atoms with Crippen molar-refractivity contribution in [2.24, 2.45) is 11.8 Å². The van der Waals surface area contributed by atoms with Gasteiger partial charge in [0.1, 0.15) is 17.9 Å². The van der Waals surface area contributed by atoms with Crippen LogP contribution in [0.5, 0.6) is 5.75 Å². The van der Waals surface area contributed by atoms with E-state index in [1.165, 1.54) is 25.7 Å². The molecule has 0 aromatic heterocycles. The van der Waals surface area contributed by atoms with Crippen LogP contribution in [-0.2, 0) is 0 Å². The lowest BCUT2D eigenvalue weighted by Crippen LogP contribution is -2.36. The van der Waals surface area contributed by atoms with Gasteiger partial charge in [0.05, 0.1) is 0 Å². The molecule has 2 N–H and O–H groups in total. The number of nitrogens with one attached hydrogen (secondary N) is 1. The average molecular weight is 275 g/mol. The molecule has 2 fully saturated rings. The van der Waals surface area contributed by atoms with Crippen LogP contribution in [0.15, 0.2) is 24.3 Å². The van der Waals surface area contributed by atoms with Gasteiger partial charge < -0.3 is 15.2 Å². The van der Waals surface area contributed by atoms with Gasteiger partial charge in [-0.3, -0.25) is 0 Å². The molecule has 2 aliphatic rings. The Labute approximate surface area is 119 Å². The Morgan fingerprint density at radius 2 is 1.90 bits per heavy atom. The fraction of sp³-hybridized carbons (Fsp3) is 0.562. The van der Waals surface area contributed by atoms with E-state index in [2.05, 4.69) is 5.32 Å². The van der Waals surface area contributed by atoms with Crippen molar-refractivity contribution in [3.05, 3.63) is 29.8 Å². The van der Waals surface area contributed by atoms with Crippen LogP contribution in [0.4, 0.5) is 0 Å². The summed E-state index contributed by atoms with van der Waals surface area (Å²) in [6, 6.07) is 7.45. The van der Waals surface area contributed by atoms with Crippen molar-refractivity contribution in [2.75, 3.05) is 13.2 Å². The number of para-hydroxylation sites is 1. The van der Waals surface area contributed by atoms with Crippen LogP contribution in [-0.4, -0.2) is 30.3 Å². The number of carboxylic acids is 1. The zero-order chi connectivity index (χ0) is 13.9. The van der Waals surface area contributed by atoms with Gasteiger partial charge in [-0.15, -0.1) is 0 Å². The van der Waals surface area contributed by atoms with Crippen molar-refractivity contribution >= 4 is 5.97 Å². The lowest BCUT2D eigenvalue weighted by molar-refractivity contribution is 0.0692. The predicted molar refractivity (Wildman–Crippen MR) is 76.1 cm³/mol. The molecule has 4 nitrogen and oxygen atoms in total. The molecular formula is C16H21NO3. The van der Waals surface area contributed by atoms with Gasteiger partial charge in [0.25, 0.3) is 0 Å². The van der Waals surface area contributed by atoms with Crippen LogP contribution in [0.2, 0.25) is 0 Å². The number of aromatic carboxylic acids is 1. The number of carboxylic acid groups (broad SMARTS) is 1. The van der Waals surface area contributed by atoms with E-state index >= 15 is 0 Å². The Hall–Kier alpha value is -1.55. The van der Waals surface area contributed by atoms with E-state index in [9.17, 15) is 4.79 Å². The third-order valence-corrected chi connectivity index (χ3v) is 4.12. The first-order chi connectivity index (χ1) is 9.75. The smallest absolute Gasteiger partial charge is 0.339 e. The van der Waals surface area contributed by atoms with Crippen LogP contribution < -0.4 is 10.1 Å². The summed E-state index contributed by atoms with van der Waals surface area (Å²) in [6.07, 6.45) is 5.43. The molecule has 0 unspecified atom stereocenters. The van der Waals surface area contributed by atoms with Crippen molar-refractivity contribution in [1.29, 1.82) is 0 Å². The van der Waals surface area contributed by atoms with E-state index in [1.807, 2.05) is 0 Å². The minimum atomic E-state index is -0.942. The summed E-state index contributed by atoms with van der Waals surface area (Å²) in [5.41, 5.74) is 0.230. The molecule has 1 aromatic rings. The second kappa shape index (κ2) is 5.83. The second-order valence-electron chi connectivity index (χ2n) is 5.80. The Morgan fingerprint density at radius 1 is 1.25 bits per heavy atom. The van der Waals surface area contributed by atoms with E-state index in [0.717, 1.165) is 18.4 Å². The summed E-state index contributed by atoms with van der Waals surface area (Å²) in [4.78, 5) is 11.1. The van der Waals surface area contributed by atoms with Gasteiger partial charge in [-0.2, -0.15) is 0 Å². The summed E-state index contributed by atoms with van der Waals surface area (Å²) in [7, 11) is 0. The molecule has 2 saturated carbocycles. The SMILES string of the molecule is O=C(O)c1ccccc1OCCNC(C1CC1)C1CC1. The van der Waals surface area contributed by atoms with Crippen LogP contribution in [0, 0.1) is 11.8 Å². The van der Waals surface area contributed by atoms with E-state index in [-0.39, 0.29) is 5.56 Å². The van der Waals surface area contributed by atoms with Crippen LogP contribution in [0.25, 0.3) is 0 Å². The molecule has 0 heterocycles. The largest absolute Gasteiger partial charge is 0.491 e. The quantitative estimate of drug-likeness (QED) is 0.716. The highest BCUT2D eigenvalue weighted by Crippen LogP contribution is 2.44. The zero-order valence-electron chi connectivity index (χ0n) is 11.5. The topological polar surface area (TPSA) is 58.6 Å². The monoisotopic (exact) mass is 275 g/mol. The van der Waals surface area contributed by atoms with Crippen LogP contribution in [0.3, 0.4) is 0 Å². The highest BCUT2D eigenvalue weighted by atomic mass is 16.5. The highest BCUT2D eigenvalue weighted by molar-refractivity contribution is 5.90. The van der Waals surface area contributed by atoms with Gasteiger partial charge in [0, 0.05) is 12.6 Å². The number of hydrogen-bond donors (Lipinski definition) is 2. The maximum Gasteiger partial charge on any atom is 0.339 e. The summed E-state index contributed by atoms with van der Waals surface area (Å²) >= 11 is 0. The molecular weight excluding hydrogens is 254 g/mol. The number of benzene rings is 1. The molecule has 1 aromatic carbocycles. The molecule has 0 spiro atoms. The maximum absolute atomic E-state index is 11.1. The first kappa shape index (κ1) is 13.4. The summed E-state index contributed by atoms with van der Waals surface area (Å²) in [6.45, 7) is 1.30. The van der Waals surface area contributed by atoms with Crippen LogP contribution in [0.1, 0.15) is 36.0 Å². The normalized spacial score (nSPS) is 18.2. The standard InChI is InChI=1S/C16H21NO3/c18-16(19)13-3-1-2-4-14(13)20-10-9-17-15(11-5-6-11)12-7-8-12/h1-4,11-12,15,17H,5-10H2,(H,18,19). The molecule has 4 heteroatoms. The molecule has 0 radical (unpaired) electrons. The van der Waals surface area contributed by atoms with Gasteiger partial charge in [-0.25, -0.2) is 4.79 Å². The maximum atomic E-state index is 11.1. The van der Waals surface area contributed by atoms with Gasteiger partial charge >= 0.3 is 5.97 Å². The van der Waals surface area contributed by atoms with Crippen molar-refractivity contribution in [2.45, 2.75) is 31.7 Å². The minimum Gasteiger partial charge on any atom is -0.491 e. The fourth-order valence-electron chi connectivity index (χ4n) is 2.78. The molecule has 2 aliphatic carbocycles. The van der Waals surface area contributed by atoms with Crippen molar-refractivity contribution < 1.29 is 14.6 Å². The van der Waals surface area contributed by atoms with Crippen molar-refractivity contribution in [3.63, 3.8) is 0 Å². The lowest BCUT2D eigenvalue weighted by Gasteiger charge is -2.18. The van der Waals surface area contributed by atoms with Crippen molar-refractivity contribution in [1.82, 2.24) is 5.32 Å². The van der Waals surface area contributed by atoms with Crippen LogP contribution >= 0.6 is 0 Å². The lowest BCUT2D eigenvalue weighted by atomic mass is 10.1. The molecule has 0 aliphatic heterocycles. The number of hydrogen-bond acceptors (Lipinski definition) is 3. The number of rotatable bonds is 8. The predicted octanol–water partition coefficient (Wildman–Crippen LogP) is 2.54. The molecule has 3 rings (SSSR count). The fourth-order valence-corrected chi connectivity index (χ4v) is 2.78. The van der Waals surface area contributed by atoms with E-state index in [0.29, 0.717) is 18.4 Å². The molecule has 108 valence electrons. The minimum absolute atomic E-state index is 0.230. The van der Waals surface area contributed by atoms with Gasteiger partial charge in [-0.1, -0.05) is 12.1 Å². The Morgan fingerprint density at radius 3 is 2.50 bits per heavy atom. The number of ether oxygens (including phenoxy) is 1. The first-order valence-electron chi connectivity index (χ1n) is 7.44. The van der Waals surface area contributed by atoms with Gasteiger partial charge in [0.2, 0.25) is 0 Å². The number of carbonyl (C=O) groups is 1. The first-order valence-corrected chi connectivity index (χ1v) is 7.44. The third-order valence-electron chi connectivity index (χ3n) is 4.12.